The minimum atomic E-state index is -1.63. The monoisotopic (exact) mass is 363 g/mol. The number of hydrogen-bond acceptors (Lipinski definition) is 7. The summed E-state index contributed by atoms with van der Waals surface area (Å²) in [5, 5.41) is 10.8. The van der Waals surface area contributed by atoms with Gasteiger partial charge in [0.05, 0.1) is 25.7 Å². The molecule has 0 radical (unpaired) electrons. The molecule has 7 heteroatoms. The van der Waals surface area contributed by atoms with Crippen molar-refractivity contribution in [3.63, 3.8) is 0 Å². The van der Waals surface area contributed by atoms with Crippen LogP contribution in [0.2, 0.25) is 0 Å². The fourth-order valence-electron chi connectivity index (χ4n) is 3.66. The largest absolute Gasteiger partial charge is 0.469 e. The summed E-state index contributed by atoms with van der Waals surface area (Å²) < 4.78 is 9.67. The van der Waals surface area contributed by atoms with Crippen molar-refractivity contribution in [2.24, 2.45) is 11.8 Å². The first-order valence-electron chi connectivity index (χ1n) is 8.32. The molecule has 1 saturated carbocycles. The van der Waals surface area contributed by atoms with Gasteiger partial charge in [0.25, 0.3) is 0 Å². The summed E-state index contributed by atoms with van der Waals surface area (Å²) in [6.07, 6.45) is -0.321. The maximum absolute atomic E-state index is 12.6. The van der Waals surface area contributed by atoms with E-state index < -0.39 is 41.1 Å². The number of benzene rings is 1. The van der Waals surface area contributed by atoms with Crippen LogP contribution in [0.1, 0.15) is 24.8 Å². The van der Waals surface area contributed by atoms with Crippen molar-refractivity contribution < 1.29 is 29.0 Å². The highest BCUT2D eigenvalue weighted by molar-refractivity contribution is 6.02. The van der Waals surface area contributed by atoms with Crippen LogP contribution in [0.5, 0.6) is 0 Å². The molecule has 0 unspecified atom stereocenters. The van der Waals surface area contributed by atoms with E-state index in [0.29, 0.717) is 5.56 Å². The van der Waals surface area contributed by atoms with Gasteiger partial charge >= 0.3 is 11.9 Å². The molecule has 0 heterocycles. The highest BCUT2D eigenvalue weighted by Gasteiger charge is 2.56. The average molecular weight is 363 g/mol. The number of methoxy groups -OCH3 is 2. The first-order valence-corrected chi connectivity index (χ1v) is 8.32. The van der Waals surface area contributed by atoms with Gasteiger partial charge in [0.1, 0.15) is 5.92 Å². The quantitative estimate of drug-likeness (QED) is 0.633. The molecule has 1 aromatic carbocycles. The van der Waals surface area contributed by atoms with Gasteiger partial charge in [-0.1, -0.05) is 12.1 Å². The van der Waals surface area contributed by atoms with Crippen LogP contribution in [-0.4, -0.2) is 56.7 Å². The van der Waals surface area contributed by atoms with Gasteiger partial charge in [0.15, 0.2) is 5.78 Å². The summed E-state index contributed by atoms with van der Waals surface area (Å²) in [6, 6.07) is 7.15. The SMILES string of the molecule is COC(=O)[C@@H]1C(=O)C[C@](C)(O)[C@H](C(=O)OC)[C@@H]1c1ccc(N(C)C)cc1. The van der Waals surface area contributed by atoms with Crippen LogP contribution in [0, 0.1) is 11.8 Å². The van der Waals surface area contributed by atoms with Gasteiger partial charge in [-0.25, -0.2) is 0 Å². The van der Waals surface area contributed by atoms with Crippen LogP contribution in [0.3, 0.4) is 0 Å². The van der Waals surface area contributed by atoms with E-state index in [1.807, 2.05) is 31.1 Å². The molecule has 1 aromatic rings. The molecule has 142 valence electrons. The van der Waals surface area contributed by atoms with Crippen LogP contribution < -0.4 is 4.90 Å². The average Bonchev–Trinajstić information content (AvgIpc) is 2.59. The van der Waals surface area contributed by atoms with E-state index in [-0.39, 0.29) is 6.42 Å². The molecular formula is C19H25NO6. The number of carbonyl (C=O) groups is 3. The first-order chi connectivity index (χ1) is 12.1. The topological polar surface area (TPSA) is 93.1 Å². The smallest absolute Gasteiger partial charge is 0.316 e. The number of Topliss-reactive ketones (excluding diaryl/α,β-unsaturated/α-hetero) is 1. The van der Waals surface area contributed by atoms with E-state index in [1.54, 1.807) is 12.1 Å². The Morgan fingerprint density at radius 1 is 1.12 bits per heavy atom. The van der Waals surface area contributed by atoms with Crippen molar-refractivity contribution in [1.82, 2.24) is 0 Å². The lowest BCUT2D eigenvalue weighted by atomic mass is 9.62. The Balaban J connectivity index is 2.61. The fourth-order valence-corrected chi connectivity index (χ4v) is 3.66. The normalized spacial score (nSPS) is 28.4. The zero-order valence-electron chi connectivity index (χ0n) is 15.7. The van der Waals surface area contributed by atoms with Gasteiger partial charge in [0, 0.05) is 32.1 Å². The minimum absolute atomic E-state index is 0.321. The standard InChI is InChI=1S/C19H25NO6/c1-19(24)10-13(21)15(17(22)25-4)14(16(19)18(23)26-5)11-6-8-12(9-7-11)20(2)3/h6-9,14-16,24H,10H2,1-5H3/t14-,15-,16+,19+/m1/s1. The maximum Gasteiger partial charge on any atom is 0.316 e. The minimum Gasteiger partial charge on any atom is -0.469 e. The van der Waals surface area contributed by atoms with Crippen molar-refractivity contribution in [1.29, 1.82) is 0 Å². The molecule has 1 aliphatic carbocycles. The third kappa shape index (κ3) is 3.58. The van der Waals surface area contributed by atoms with Gasteiger partial charge in [-0.2, -0.15) is 0 Å². The van der Waals surface area contributed by atoms with Crippen molar-refractivity contribution in [2.45, 2.75) is 24.9 Å². The van der Waals surface area contributed by atoms with E-state index in [4.69, 9.17) is 9.47 Å². The molecule has 0 spiro atoms. The number of rotatable bonds is 4. The maximum atomic E-state index is 12.6. The number of ether oxygens (including phenoxy) is 2. The summed E-state index contributed by atoms with van der Waals surface area (Å²) in [5.41, 5.74) is -0.110. The molecule has 0 amide bonds. The molecule has 2 rings (SSSR count). The van der Waals surface area contributed by atoms with Gasteiger partial charge in [0.2, 0.25) is 0 Å². The molecule has 7 nitrogen and oxygen atoms in total. The van der Waals surface area contributed by atoms with Crippen molar-refractivity contribution in [2.75, 3.05) is 33.2 Å². The lowest BCUT2D eigenvalue weighted by Gasteiger charge is -2.43. The molecule has 26 heavy (non-hydrogen) atoms. The van der Waals surface area contributed by atoms with E-state index in [2.05, 4.69) is 0 Å². The van der Waals surface area contributed by atoms with E-state index in [0.717, 1.165) is 5.69 Å². The van der Waals surface area contributed by atoms with E-state index in [1.165, 1.54) is 21.1 Å². The van der Waals surface area contributed by atoms with Crippen molar-refractivity contribution in [3.05, 3.63) is 29.8 Å². The lowest BCUT2D eigenvalue weighted by Crippen LogP contribution is -2.55. The Morgan fingerprint density at radius 3 is 2.12 bits per heavy atom. The van der Waals surface area contributed by atoms with Crippen LogP contribution in [0.25, 0.3) is 0 Å². The number of nitrogens with zero attached hydrogens (tertiary/aromatic N) is 1. The van der Waals surface area contributed by atoms with Crippen LogP contribution >= 0.6 is 0 Å². The predicted molar refractivity (Wildman–Crippen MR) is 94.8 cm³/mol. The lowest BCUT2D eigenvalue weighted by molar-refractivity contribution is -0.170. The van der Waals surface area contributed by atoms with Crippen LogP contribution in [0.15, 0.2) is 24.3 Å². The summed E-state index contributed by atoms with van der Waals surface area (Å²) in [6.45, 7) is 1.42. The second-order valence-electron chi connectivity index (χ2n) is 7.01. The van der Waals surface area contributed by atoms with Crippen molar-refractivity contribution >= 4 is 23.4 Å². The van der Waals surface area contributed by atoms with Crippen LogP contribution in [0.4, 0.5) is 5.69 Å². The molecule has 0 saturated heterocycles. The Bertz CT molecular complexity index is 694. The highest BCUT2D eigenvalue weighted by Crippen LogP contribution is 2.46. The van der Waals surface area contributed by atoms with Crippen molar-refractivity contribution in [3.8, 4) is 0 Å². The molecular weight excluding hydrogens is 338 g/mol. The molecule has 1 fully saturated rings. The third-order valence-electron chi connectivity index (χ3n) is 4.97. The summed E-state index contributed by atoms with van der Waals surface area (Å²) in [7, 11) is 6.19. The van der Waals surface area contributed by atoms with Gasteiger partial charge in [-0.15, -0.1) is 0 Å². The molecule has 0 aromatic heterocycles. The summed E-state index contributed by atoms with van der Waals surface area (Å²) >= 11 is 0. The molecule has 1 aliphatic rings. The number of ketones is 1. The number of anilines is 1. The second-order valence-corrected chi connectivity index (χ2v) is 7.01. The summed E-state index contributed by atoms with van der Waals surface area (Å²) in [4.78, 5) is 39.3. The number of carbonyl (C=O) groups excluding carboxylic acids is 3. The Labute approximate surface area is 152 Å². The van der Waals surface area contributed by atoms with Gasteiger partial charge in [-0.05, 0) is 24.6 Å². The van der Waals surface area contributed by atoms with E-state index in [9.17, 15) is 19.5 Å². The Kier molecular flexibility index (Phi) is 5.71. The molecule has 0 aliphatic heterocycles. The third-order valence-corrected chi connectivity index (χ3v) is 4.97. The van der Waals surface area contributed by atoms with Gasteiger partial charge < -0.3 is 19.5 Å². The van der Waals surface area contributed by atoms with E-state index >= 15 is 0 Å². The number of aliphatic hydroxyl groups is 1. The van der Waals surface area contributed by atoms with Gasteiger partial charge in [-0.3, -0.25) is 14.4 Å². The summed E-state index contributed by atoms with van der Waals surface area (Å²) in [5.74, 6) is -4.96. The molecule has 1 N–H and O–H groups in total. The Morgan fingerprint density at radius 2 is 1.65 bits per heavy atom. The number of esters is 2. The number of hydrogen-bond donors (Lipinski definition) is 1. The second kappa shape index (κ2) is 7.45. The van der Waals surface area contributed by atoms with Crippen LogP contribution in [-0.2, 0) is 23.9 Å². The molecule has 0 bridgehead atoms. The zero-order chi connectivity index (χ0) is 19.6. The molecule has 4 atom stereocenters. The Hall–Kier alpha value is -2.41. The highest BCUT2D eigenvalue weighted by atomic mass is 16.5. The fraction of sp³-hybridized carbons (Fsp3) is 0.526. The zero-order valence-corrected chi connectivity index (χ0v) is 15.7. The first kappa shape index (κ1) is 19.9. The predicted octanol–water partition coefficient (Wildman–Crippen LogP) is 1.14.